The molecular weight excluding hydrogens is 973 g/mol. The van der Waals surface area contributed by atoms with Gasteiger partial charge in [-0.2, -0.15) is 15.0 Å². The van der Waals surface area contributed by atoms with Gasteiger partial charge >= 0.3 is 0 Å². The number of hydrogen-bond donors (Lipinski definition) is 0. The summed E-state index contributed by atoms with van der Waals surface area (Å²) in [4.78, 5) is 148. The van der Waals surface area contributed by atoms with E-state index in [1.807, 2.05) is 11.9 Å². The summed E-state index contributed by atoms with van der Waals surface area (Å²) in [5.74, 6) is -2.68. The molecule has 0 spiro atoms. The molecule has 1 saturated carbocycles. The second-order valence-electron chi connectivity index (χ2n) is 25.9. The Hall–Kier alpha value is -5.19. The molecule has 22 nitrogen and oxygen atoms in total. The zero-order valence-corrected chi connectivity index (χ0v) is 49.8. The van der Waals surface area contributed by atoms with E-state index in [-0.39, 0.29) is 76.2 Å². The van der Waals surface area contributed by atoms with Gasteiger partial charge in [-0.1, -0.05) is 19.3 Å². The average molecular weight is 1060 g/mol. The van der Waals surface area contributed by atoms with E-state index in [2.05, 4.69) is 0 Å². The summed E-state index contributed by atoms with van der Waals surface area (Å²) in [5, 5.41) is 0. The molecule has 4 saturated heterocycles. The van der Waals surface area contributed by atoms with Crippen LogP contribution < -0.4 is 14.7 Å². The van der Waals surface area contributed by atoms with Crippen LogP contribution in [-0.4, -0.2) is 239 Å². The van der Waals surface area contributed by atoms with Crippen molar-refractivity contribution in [2.45, 2.75) is 193 Å². The van der Waals surface area contributed by atoms with E-state index < -0.39 is 91.6 Å². The SMILES string of the molecule is CN(c1nc(N(CCN2C(=O)C(C)(C)N(C)C(C)(C)C2=O)CCN2C(=O)C(C)(C)N(C)C(C)(C)C2=O)nc(N(CCN2C(=O)C(C)(C)N(C)C(C)(C)C2=O)CCN2C(=O)C(C)(C)N(C)C(C)(C)C2=O)n1)C1CCCCC1. The lowest BCUT2D eigenvalue weighted by atomic mass is 9.87. The predicted molar refractivity (Wildman–Crippen MR) is 290 cm³/mol. The maximum Gasteiger partial charge on any atom is 0.249 e. The van der Waals surface area contributed by atoms with Crippen molar-refractivity contribution in [2.24, 2.45) is 0 Å². The van der Waals surface area contributed by atoms with Gasteiger partial charge in [0.05, 0.1) is 44.3 Å². The van der Waals surface area contributed by atoms with Crippen LogP contribution in [0.3, 0.4) is 0 Å². The predicted octanol–water partition coefficient (Wildman–Crippen LogP) is 2.68. The van der Waals surface area contributed by atoms with Crippen molar-refractivity contribution in [3.8, 4) is 0 Å². The number of aromatic nitrogens is 3. The molecule has 1 aromatic rings. The molecule has 0 radical (unpaired) electrons. The first-order chi connectivity index (χ1) is 34.7. The zero-order chi connectivity index (χ0) is 57.6. The number of carbonyl (C=O) groups excluding carboxylic acids is 8. The maximum atomic E-state index is 14.3. The fourth-order valence-corrected chi connectivity index (χ4v) is 11.7. The van der Waals surface area contributed by atoms with Gasteiger partial charge in [0.1, 0.15) is 0 Å². The molecule has 0 unspecified atom stereocenters. The van der Waals surface area contributed by atoms with Gasteiger partial charge in [0.2, 0.25) is 65.1 Å². The fraction of sp³-hybridized carbons (Fsp3) is 0.796. The Balaban J connectivity index is 1.52. The van der Waals surface area contributed by atoms with Gasteiger partial charge in [-0.15, -0.1) is 0 Å². The highest BCUT2D eigenvalue weighted by Crippen LogP contribution is 2.37. The van der Waals surface area contributed by atoms with E-state index in [1.165, 1.54) is 19.6 Å². The second kappa shape index (κ2) is 20.2. The quantitative estimate of drug-likeness (QED) is 0.218. The molecule has 5 fully saturated rings. The van der Waals surface area contributed by atoms with Gasteiger partial charge in [-0.3, -0.25) is 77.6 Å². The molecule has 1 aromatic heterocycles. The largest absolute Gasteiger partial charge is 0.341 e. The molecule has 5 heterocycles. The molecule has 0 atom stereocenters. The van der Waals surface area contributed by atoms with E-state index >= 15 is 0 Å². The molecule has 5 aliphatic rings. The van der Waals surface area contributed by atoms with Crippen LogP contribution in [0.2, 0.25) is 0 Å². The molecule has 76 heavy (non-hydrogen) atoms. The van der Waals surface area contributed by atoms with Gasteiger partial charge in [0.15, 0.2) is 0 Å². The van der Waals surface area contributed by atoms with Crippen molar-refractivity contribution >= 4 is 65.1 Å². The third kappa shape index (κ3) is 9.90. The molecule has 8 amide bonds. The van der Waals surface area contributed by atoms with Gasteiger partial charge < -0.3 is 14.7 Å². The molecule has 4 aliphatic heterocycles. The number of carbonyl (C=O) groups is 8. The van der Waals surface area contributed by atoms with Gasteiger partial charge in [-0.05, 0) is 152 Å². The van der Waals surface area contributed by atoms with E-state index in [0.717, 1.165) is 32.1 Å². The minimum atomic E-state index is -1.05. The summed E-state index contributed by atoms with van der Waals surface area (Å²) in [6.07, 6.45) is 4.82. The minimum Gasteiger partial charge on any atom is -0.341 e. The number of piperazine rings is 4. The maximum absolute atomic E-state index is 14.3. The summed E-state index contributed by atoms with van der Waals surface area (Å²) in [6, 6.07) is 0.0453. The smallest absolute Gasteiger partial charge is 0.249 e. The average Bonchev–Trinajstić information content (AvgIpc) is 3.36. The Kier molecular flexibility index (Phi) is 16.0. The lowest BCUT2D eigenvalue weighted by Crippen LogP contribution is -2.73. The van der Waals surface area contributed by atoms with Crippen LogP contribution in [0.25, 0.3) is 0 Å². The molecule has 0 aromatic carbocycles. The number of imide groups is 4. The standard InChI is InChI=1S/C54H90N14O8/c1-47(2)36(69)65(37(70)48(3,4)59(47)18)31-27-63(28-32-66-38(71)49(5,6)60(19)50(7,8)39(66)72)45-55-44(58(17)35-25-23-22-24-26-35)56-46(57-45)64(29-33-67-40(73)51(9,10)61(20)52(11,12)41(67)74)30-34-68-42(75)53(13,14)62(21)54(15,16)43(68)76/h35H,22-34H2,1-21H3. The highest BCUT2D eigenvalue weighted by atomic mass is 16.2. The summed E-state index contributed by atoms with van der Waals surface area (Å²) in [5.41, 5.74) is -8.42. The monoisotopic (exact) mass is 1060 g/mol. The second-order valence-corrected chi connectivity index (χ2v) is 25.9. The number of likely N-dealkylation sites (N-methyl/N-ethyl adjacent to an activating group) is 4. The van der Waals surface area contributed by atoms with Crippen LogP contribution in [0, 0.1) is 0 Å². The molecular formula is C54H90N14O8. The van der Waals surface area contributed by atoms with Crippen molar-refractivity contribution in [1.82, 2.24) is 54.2 Å². The first kappa shape index (κ1) is 60.0. The van der Waals surface area contributed by atoms with E-state index in [0.29, 0.717) is 0 Å². The van der Waals surface area contributed by atoms with Crippen molar-refractivity contribution in [2.75, 3.05) is 102 Å². The van der Waals surface area contributed by atoms with Gasteiger partial charge in [-0.25, -0.2) is 0 Å². The number of hydrogen-bond acceptors (Lipinski definition) is 18. The van der Waals surface area contributed by atoms with Crippen LogP contribution in [0.5, 0.6) is 0 Å². The van der Waals surface area contributed by atoms with E-state index in [9.17, 15) is 38.4 Å². The van der Waals surface area contributed by atoms with Gasteiger partial charge in [0, 0.05) is 65.4 Å². The first-order valence-electron chi connectivity index (χ1n) is 27.1. The highest BCUT2D eigenvalue weighted by molar-refractivity contribution is 6.08. The molecule has 0 bridgehead atoms. The lowest BCUT2D eigenvalue weighted by Gasteiger charge is -2.52. The Bertz CT molecular complexity index is 2120. The third-order valence-electron chi connectivity index (χ3n) is 18.8. The normalized spacial score (nSPS) is 25.0. The summed E-state index contributed by atoms with van der Waals surface area (Å²) in [6.45, 7) is 28.0. The topological polar surface area (TPSA) is 211 Å². The molecule has 6 rings (SSSR count). The number of anilines is 3. The van der Waals surface area contributed by atoms with Crippen LogP contribution in [0.15, 0.2) is 0 Å². The molecule has 1 aliphatic carbocycles. The minimum absolute atomic E-state index is 0.0186. The first-order valence-corrected chi connectivity index (χ1v) is 27.1. The van der Waals surface area contributed by atoms with Crippen LogP contribution in [-0.2, 0) is 38.4 Å². The summed E-state index contributed by atoms with van der Waals surface area (Å²) >= 11 is 0. The van der Waals surface area contributed by atoms with E-state index in [4.69, 9.17) is 15.0 Å². The van der Waals surface area contributed by atoms with Crippen molar-refractivity contribution in [3.63, 3.8) is 0 Å². The molecule has 424 valence electrons. The molecule has 22 heteroatoms. The number of nitrogens with zero attached hydrogens (tertiary/aromatic N) is 14. The summed E-state index contributed by atoms with van der Waals surface area (Å²) in [7, 11) is 8.93. The Morgan fingerprint density at radius 2 is 0.553 bits per heavy atom. The Labute approximate surface area is 451 Å². The van der Waals surface area contributed by atoms with Crippen molar-refractivity contribution in [1.29, 1.82) is 0 Å². The number of rotatable bonds is 16. The van der Waals surface area contributed by atoms with Crippen molar-refractivity contribution < 1.29 is 38.4 Å². The third-order valence-corrected chi connectivity index (χ3v) is 18.8. The van der Waals surface area contributed by atoms with Crippen LogP contribution in [0.4, 0.5) is 17.8 Å². The summed E-state index contributed by atoms with van der Waals surface area (Å²) < 4.78 is 0. The Morgan fingerprint density at radius 3 is 0.763 bits per heavy atom. The lowest BCUT2D eigenvalue weighted by molar-refractivity contribution is -0.173. The zero-order valence-electron chi connectivity index (χ0n) is 49.8. The highest BCUT2D eigenvalue weighted by Gasteiger charge is 2.58. The fourth-order valence-electron chi connectivity index (χ4n) is 11.7. The molecule has 0 N–H and O–H groups in total. The Morgan fingerprint density at radius 1 is 0.355 bits per heavy atom. The number of amides is 8. The van der Waals surface area contributed by atoms with E-state index in [1.54, 1.807) is 168 Å². The van der Waals surface area contributed by atoms with Crippen molar-refractivity contribution in [3.05, 3.63) is 0 Å². The van der Waals surface area contributed by atoms with Crippen LogP contribution in [0.1, 0.15) is 143 Å². The van der Waals surface area contributed by atoms with Gasteiger partial charge in [0.25, 0.3) is 0 Å². The van der Waals surface area contributed by atoms with Crippen LogP contribution >= 0.6 is 0 Å².